The van der Waals surface area contributed by atoms with Gasteiger partial charge < -0.3 is 34.4 Å². The molecule has 0 saturated heterocycles. The number of amides is 4. The summed E-state index contributed by atoms with van der Waals surface area (Å²) in [6.07, 6.45) is -1.22. The summed E-state index contributed by atoms with van der Waals surface area (Å²) in [6.45, 7) is 2.02. The first kappa shape index (κ1) is 33.7. The lowest BCUT2D eigenvalue weighted by Gasteiger charge is -2.22. The molecule has 236 valence electrons. The lowest BCUT2D eigenvalue weighted by atomic mass is 10.2. The van der Waals surface area contributed by atoms with Gasteiger partial charge in [0.05, 0.1) is 11.0 Å². The fourth-order valence-electron chi connectivity index (χ4n) is 3.47. The van der Waals surface area contributed by atoms with Crippen LogP contribution >= 0.6 is 7.82 Å². The van der Waals surface area contributed by atoms with Crippen molar-refractivity contribution in [2.75, 3.05) is 40.3 Å². The number of para-hydroxylation sites is 2. The lowest BCUT2D eigenvalue weighted by molar-refractivity contribution is -0.120. The maximum Gasteiger partial charge on any atom is 0.524 e. The number of ether oxygens (including phenoxy) is 2. The topological polar surface area (TPSA) is 210 Å². The highest BCUT2D eigenvalue weighted by atomic mass is 31.2. The molecular formula is C27H33N6O10P. The Kier molecular flexibility index (Phi) is 12.0. The Morgan fingerprint density at radius 3 is 2.07 bits per heavy atom. The van der Waals surface area contributed by atoms with Crippen molar-refractivity contribution in [1.29, 1.82) is 0 Å². The molecule has 0 saturated carbocycles. The van der Waals surface area contributed by atoms with Gasteiger partial charge in [0.15, 0.2) is 5.69 Å². The van der Waals surface area contributed by atoms with Crippen LogP contribution in [0, 0.1) is 0 Å². The number of hydrogen-bond donors (Lipinski definition) is 4. The first-order valence-corrected chi connectivity index (χ1v) is 14.9. The molecule has 1 heterocycles. The Bertz CT molecular complexity index is 1530. The Balaban J connectivity index is 1.55. The number of phosphoric ester groups is 1. The third-order valence-corrected chi connectivity index (χ3v) is 6.34. The molecule has 0 fully saturated rings. The average molecular weight is 633 g/mol. The minimum atomic E-state index is -4.68. The summed E-state index contributed by atoms with van der Waals surface area (Å²) in [5, 5.41) is 5.26. The monoisotopic (exact) mass is 632 g/mol. The van der Waals surface area contributed by atoms with Crippen LogP contribution in [0.15, 0.2) is 48.5 Å². The number of fused-ring (bicyclic) bond motifs is 1. The van der Waals surface area contributed by atoms with Gasteiger partial charge in [-0.25, -0.2) is 24.1 Å². The number of carbonyl (C=O) groups excluding carboxylic acids is 4. The minimum Gasteiger partial charge on any atom is -0.445 e. The van der Waals surface area contributed by atoms with Gasteiger partial charge in [0.1, 0.15) is 12.4 Å². The summed E-state index contributed by atoms with van der Waals surface area (Å²) in [5.74, 6) is -1.16. The van der Waals surface area contributed by atoms with Crippen LogP contribution < -0.4 is 19.9 Å². The number of carbonyl (C=O) groups is 4. The predicted molar refractivity (Wildman–Crippen MR) is 156 cm³/mol. The van der Waals surface area contributed by atoms with Crippen LogP contribution in [0.1, 0.15) is 29.4 Å². The van der Waals surface area contributed by atoms with Crippen molar-refractivity contribution in [3.05, 3.63) is 59.8 Å². The predicted octanol–water partition coefficient (Wildman–Crippen LogP) is 2.06. The number of benzene rings is 2. The molecule has 1 aromatic heterocycles. The summed E-state index contributed by atoms with van der Waals surface area (Å²) in [7, 11) is -1.77. The van der Waals surface area contributed by atoms with E-state index in [9.17, 15) is 23.7 Å². The maximum atomic E-state index is 12.9. The molecule has 0 aliphatic rings. The van der Waals surface area contributed by atoms with Crippen LogP contribution in [0.2, 0.25) is 0 Å². The van der Waals surface area contributed by atoms with E-state index in [1.165, 1.54) is 48.2 Å². The molecule has 4 amide bonds. The van der Waals surface area contributed by atoms with Crippen LogP contribution in [-0.4, -0.2) is 93.8 Å². The molecule has 0 aliphatic carbocycles. The maximum absolute atomic E-state index is 12.9. The molecule has 0 spiro atoms. The second-order valence-corrected chi connectivity index (χ2v) is 10.5. The van der Waals surface area contributed by atoms with E-state index >= 15 is 0 Å². The minimum absolute atomic E-state index is 0.0402. The molecule has 0 aliphatic heterocycles. The number of likely N-dealkylation sites (N-methyl/N-ethyl adjacent to an activating group) is 2. The van der Waals surface area contributed by atoms with Gasteiger partial charge in [0.2, 0.25) is 5.91 Å². The summed E-state index contributed by atoms with van der Waals surface area (Å²) >= 11 is 0. The second kappa shape index (κ2) is 15.6. The Labute approximate surface area is 252 Å². The largest absolute Gasteiger partial charge is 0.524 e. The number of hydrogen-bond acceptors (Lipinski definition) is 10. The first-order chi connectivity index (χ1) is 20.9. The van der Waals surface area contributed by atoms with E-state index in [-0.39, 0.29) is 56.0 Å². The molecule has 0 bridgehead atoms. The zero-order valence-corrected chi connectivity index (χ0v) is 25.2. The van der Waals surface area contributed by atoms with E-state index in [0.717, 1.165) is 0 Å². The van der Waals surface area contributed by atoms with Gasteiger partial charge in [-0.05, 0) is 29.8 Å². The SMILES string of the molecule is CCC(=O)NCCNC(=O)c1nc2ccccc2nc1OC(=O)N(C)CCN(C)C(=O)OCc1ccc(OP(=O)(O)O)cc1. The van der Waals surface area contributed by atoms with Crippen molar-refractivity contribution >= 4 is 42.9 Å². The highest BCUT2D eigenvalue weighted by molar-refractivity contribution is 7.46. The third kappa shape index (κ3) is 10.5. The van der Waals surface area contributed by atoms with Gasteiger partial charge in [-0.3, -0.25) is 19.4 Å². The average Bonchev–Trinajstić information content (AvgIpc) is 2.99. The van der Waals surface area contributed by atoms with E-state index in [1.54, 1.807) is 31.2 Å². The van der Waals surface area contributed by atoms with Crippen LogP contribution in [-0.2, 0) is 20.7 Å². The summed E-state index contributed by atoms with van der Waals surface area (Å²) in [4.78, 5) is 78.3. The van der Waals surface area contributed by atoms with Crippen LogP contribution in [0.4, 0.5) is 9.59 Å². The van der Waals surface area contributed by atoms with Crippen molar-refractivity contribution < 1.29 is 47.5 Å². The van der Waals surface area contributed by atoms with Crippen molar-refractivity contribution in [2.24, 2.45) is 0 Å². The molecular weight excluding hydrogens is 599 g/mol. The van der Waals surface area contributed by atoms with Crippen molar-refractivity contribution in [2.45, 2.75) is 20.0 Å². The molecule has 17 heteroatoms. The van der Waals surface area contributed by atoms with Crippen molar-refractivity contribution in [1.82, 2.24) is 30.4 Å². The van der Waals surface area contributed by atoms with E-state index in [2.05, 4.69) is 25.1 Å². The van der Waals surface area contributed by atoms with Crippen LogP contribution in [0.25, 0.3) is 11.0 Å². The van der Waals surface area contributed by atoms with Gasteiger partial charge in [0, 0.05) is 46.7 Å². The summed E-state index contributed by atoms with van der Waals surface area (Å²) < 4.78 is 26.0. The Morgan fingerprint density at radius 2 is 1.45 bits per heavy atom. The second-order valence-electron chi connectivity index (χ2n) is 9.32. The van der Waals surface area contributed by atoms with E-state index in [1.807, 2.05) is 0 Å². The standard InChI is InChI=1S/C27H33N6O10P/c1-4-22(34)28-13-14-29-24(35)23-25(31-21-8-6-5-7-20(21)30-23)42-27(37)33(3)16-15-32(2)26(36)41-17-18-9-11-19(12-10-18)43-44(38,39)40/h5-12H,4,13-17H2,1-3H3,(H,28,34)(H,29,35)(H2,38,39,40). The van der Waals surface area contributed by atoms with Gasteiger partial charge in [0.25, 0.3) is 11.8 Å². The fourth-order valence-corrected chi connectivity index (χ4v) is 3.87. The molecule has 16 nitrogen and oxygen atoms in total. The highest BCUT2D eigenvalue weighted by Crippen LogP contribution is 2.37. The fraction of sp³-hybridized carbons (Fsp3) is 0.333. The Hall–Kier alpha value is -4.79. The van der Waals surface area contributed by atoms with Gasteiger partial charge in [-0.2, -0.15) is 0 Å². The van der Waals surface area contributed by atoms with Gasteiger partial charge in [-0.1, -0.05) is 31.2 Å². The molecule has 2 aromatic carbocycles. The van der Waals surface area contributed by atoms with Crippen molar-refractivity contribution in [3.63, 3.8) is 0 Å². The number of rotatable bonds is 13. The molecule has 4 N–H and O–H groups in total. The van der Waals surface area contributed by atoms with E-state index in [0.29, 0.717) is 23.0 Å². The molecule has 44 heavy (non-hydrogen) atoms. The zero-order chi connectivity index (χ0) is 32.3. The molecule has 0 unspecified atom stereocenters. The van der Waals surface area contributed by atoms with Gasteiger partial charge >= 0.3 is 20.0 Å². The molecule has 3 rings (SSSR count). The molecule has 0 atom stereocenters. The van der Waals surface area contributed by atoms with Crippen LogP contribution in [0.3, 0.4) is 0 Å². The lowest BCUT2D eigenvalue weighted by Crippen LogP contribution is -2.39. The Morgan fingerprint density at radius 1 is 0.864 bits per heavy atom. The van der Waals surface area contributed by atoms with Gasteiger partial charge in [-0.15, -0.1) is 0 Å². The first-order valence-electron chi connectivity index (χ1n) is 13.3. The summed E-state index contributed by atoms with van der Waals surface area (Å²) in [6, 6.07) is 12.4. The normalized spacial score (nSPS) is 10.9. The van der Waals surface area contributed by atoms with E-state index < -0.39 is 25.9 Å². The smallest absolute Gasteiger partial charge is 0.445 e. The van der Waals surface area contributed by atoms with E-state index in [4.69, 9.17) is 19.3 Å². The third-order valence-electron chi connectivity index (χ3n) is 5.90. The molecule has 0 radical (unpaired) electrons. The number of nitrogens with one attached hydrogen (secondary N) is 2. The molecule has 3 aromatic rings. The highest BCUT2D eigenvalue weighted by Gasteiger charge is 2.23. The van der Waals surface area contributed by atoms with Crippen LogP contribution in [0.5, 0.6) is 11.6 Å². The summed E-state index contributed by atoms with van der Waals surface area (Å²) in [5.41, 5.74) is 1.15. The zero-order valence-electron chi connectivity index (χ0n) is 24.3. The quantitative estimate of drug-likeness (QED) is 0.158. The number of nitrogens with zero attached hydrogens (tertiary/aromatic N) is 4. The number of aromatic nitrogens is 2. The number of phosphoric acid groups is 1. The van der Waals surface area contributed by atoms with Crippen molar-refractivity contribution in [3.8, 4) is 11.6 Å².